The lowest BCUT2D eigenvalue weighted by Gasteiger charge is -2.30. The number of nitrogens with zero attached hydrogens (tertiary/aromatic N) is 3. The maximum absolute atomic E-state index is 12.9. The van der Waals surface area contributed by atoms with Crippen molar-refractivity contribution < 1.29 is 14.3 Å². The van der Waals surface area contributed by atoms with E-state index in [1.54, 1.807) is 0 Å². The van der Waals surface area contributed by atoms with E-state index in [-0.39, 0.29) is 18.5 Å². The fraction of sp³-hybridized carbons (Fsp3) is 0.450. The van der Waals surface area contributed by atoms with Crippen LogP contribution in [-0.4, -0.2) is 39.3 Å². The molecule has 3 aromatic rings. The number of rotatable bonds is 4. The van der Waals surface area contributed by atoms with Crippen LogP contribution in [0.2, 0.25) is 0 Å². The van der Waals surface area contributed by atoms with Crippen LogP contribution in [0.4, 0.5) is 0 Å². The number of esters is 1. The van der Waals surface area contributed by atoms with Gasteiger partial charge in [-0.3, -0.25) is 14.0 Å². The number of thiazole rings is 1. The first-order valence-corrected chi connectivity index (χ1v) is 10.2. The lowest BCUT2D eigenvalue weighted by molar-refractivity contribution is -0.142. The molecule has 2 aromatic heterocycles. The van der Waals surface area contributed by atoms with Crippen LogP contribution in [0.5, 0.6) is 0 Å². The molecule has 0 radical (unpaired) electrons. The van der Waals surface area contributed by atoms with Crippen molar-refractivity contribution in [3.8, 4) is 0 Å². The predicted octanol–water partition coefficient (Wildman–Crippen LogP) is 4.02. The zero-order chi connectivity index (χ0) is 19.0. The van der Waals surface area contributed by atoms with Gasteiger partial charge in [-0.05, 0) is 18.9 Å². The van der Waals surface area contributed by atoms with Gasteiger partial charge in [0.05, 0.1) is 11.0 Å². The van der Waals surface area contributed by atoms with Gasteiger partial charge >= 0.3 is 5.97 Å². The van der Waals surface area contributed by atoms with Crippen LogP contribution in [0.3, 0.4) is 0 Å². The molecule has 4 rings (SSSR count). The SMILES string of the molecule is CC(=O)OCc1cccc2c1nc1sc(C(=O)N(C)C3CCCCC3)cn12. The molecule has 1 amide bonds. The Morgan fingerprint density at radius 2 is 2.07 bits per heavy atom. The van der Waals surface area contributed by atoms with E-state index in [1.165, 1.54) is 37.5 Å². The molecule has 142 valence electrons. The molecule has 0 saturated heterocycles. The standard InChI is InChI=1S/C20H23N3O3S/c1-13(24)26-12-14-7-6-10-16-18(14)21-20-23(16)11-17(27-20)19(25)22(2)15-8-4-3-5-9-15/h6-7,10-11,15H,3-5,8-9,12H2,1-2H3. The molecule has 0 N–H and O–H groups in total. The minimum atomic E-state index is -0.313. The number of aromatic nitrogens is 2. The third-order valence-electron chi connectivity index (χ3n) is 5.30. The van der Waals surface area contributed by atoms with E-state index in [2.05, 4.69) is 4.98 Å². The third kappa shape index (κ3) is 3.43. The molecule has 0 spiro atoms. The summed E-state index contributed by atoms with van der Waals surface area (Å²) in [6.45, 7) is 1.60. The highest BCUT2D eigenvalue weighted by Gasteiger charge is 2.25. The molecular weight excluding hydrogens is 362 g/mol. The first-order chi connectivity index (χ1) is 13.0. The summed E-state index contributed by atoms with van der Waals surface area (Å²) >= 11 is 1.41. The number of fused-ring (bicyclic) bond motifs is 3. The van der Waals surface area contributed by atoms with E-state index in [1.807, 2.05) is 40.7 Å². The summed E-state index contributed by atoms with van der Waals surface area (Å²) in [7, 11) is 1.91. The van der Waals surface area contributed by atoms with Crippen LogP contribution < -0.4 is 0 Å². The van der Waals surface area contributed by atoms with Crippen molar-refractivity contribution >= 4 is 39.2 Å². The van der Waals surface area contributed by atoms with Crippen LogP contribution in [0.1, 0.15) is 54.3 Å². The number of hydrogen-bond acceptors (Lipinski definition) is 5. The third-order valence-corrected chi connectivity index (χ3v) is 6.27. The molecule has 1 fully saturated rings. The summed E-state index contributed by atoms with van der Waals surface area (Å²) in [5, 5.41) is 0. The maximum Gasteiger partial charge on any atom is 0.302 e. The van der Waals surface area contributed by atoms with Crippen molar-refractivity contribution in [2.75, 3.05) is 7.05 Å². The van der Waals surface area contributed by atoms with Crippen molar-refractivity contribution in [1.29, 1.82) is 0 Å². The second-order valence-corrected chi connectivity index (χ2v) is 8.14. The highest BCUT2D eigenvalue weighted by Crippen LogP contribution is 2.29. The van der Waals surface area contributed by atoms with Crippen molar-refractivity contribution in [3.05, 3.63) is 34.8 Å². The van der Waals surface area contributed by atoms with Crippen molar-refractivity contribution in [1.82, 2.24) is 14.3 Å². The van der Waals surface area contributed by atoms with E-state index >= 15 is 0 Å². The molecule has 0 aliphatic heterocycles. The van der Waals surface area contributed by atoms with Crippen LogP contribution in [0.25, 0.3) is 16.0 Å². The maximum atomic E-state index is 12.9. The number of hydrogen-bond donors (Lipinski definition) is 0. The molecule has 0 unspecified atom stereocenters. The summed E-state index contributed by atoms with van der Waals surface area (Å²) in [6, 6.07) is 6.14. The minimum Gasteiger partial charge on any atom is -0.461 e. The van der Waals surface area contributed by atoms with Gasteiger partial charge in [-0.1, -0.05) is 42.7 Å². The summed E-state index contributed by atoms with van der Waals surface area (Å²) in [6.07, 6.45) is 7.73. The number of imidazole rings is 1. The summed E-state index contributed by atoms with van der Waals surface area (Å²) in [5.41, 5.74) is 2.60. The van der Waals surface area contributed by atoms with Gasteiger partial charge in [0.1, 0.15) is 11.5 Å². The average molecular weight is 385 g/mol. The highest BCUT2D eigenvalue weighted by atomic mass is 32.1. The molecule has 1 aliphatic rings. The molecular formula is C20H23N3O3S. The number of carbonyl (C=O) groups excluding carboxylic acids is 2. The van der Waals surface area contributed by atoms with Crippen LogP contribution in [0.15, 0.2) is 24.4 Å². The number of carbonyl (C=O) groups is 2. The summed E-state index contributed by atoms with van der Waals surface area (Å²) in [4.78, 5) is 32.1. The fourth-order valence-electron chi connectivity index (χ4n) is 3.80. The Balaban J connectivity index is 1.63. The van der Waals surface area contributed by atoms with Gasteiger partial charge in [-0.25, -0.2) is 4.98 Å². The number of benzene rings is 1. The Kier molecular flexibility index (Phi) is 4.86. The van der Waals surface area contributed by atoms with Crippen LogP contribution >= 0.6 is 11.3 Å². The van der Waals surface area contributed by atoms with Crippen LogP contribution in [0, 0.1) is 0 Å². The Morgan fingerprint density at radius 1 is 1.30 bits per heavy atom. The highest BCUT2D eigenvalue weighted by molar-refractivity contribution is 7.18. The molecule has 27 heavy (non-hydrogen) atoms. The lowest BCUT2D eigenvalue weighted by Crippen LogP contribution is -2.37. The molecule has 1 aromatic carbocycles. The molecule has 2 heterocycles. The molecule has 1 saturated carbocycles. The Bertz CT molecular complexity index is 1000. The lowest BCUT2D eigenvalue weighted by atomic mass is 9.94. The Hall–Kier alpha value is -2.41. The van der Waals surface area contributed by atoms with Gasteiger partial charge in [-0.15, -0.1) is 0 Å². The molecule has 7 heteroatoms. The molecule has 6 nitrogen and oxygen atoms in total. The number of amides is 1. The van der Waals surface area contributed by atoms with Crippen LogP contribution in [-0.2, 0) is 16.1 Å². The second kappa shape index (κ2) is 7.31. The van der Waals surface area contributed by atoms with E-state index in [4.69, 9.17) is 4.74 Å². The van der Waals surface area contributed by atoms with E-state index in [0.717, 1.165) is 34.4 Å². The molecule has 1 aliphatic carbocycles. The number of para-hydroxylation sites is 1. The van der Waals surface area contributed by atoms with Crippen molar-refractivity contribution in [2.45, 2.75) is 51.7 Å². The second-order valence-electron chi connectivity index (χ2n) is 7.13. The topological polar surface area (TPSA) is 63.9 Å². The fourth-order valence-corrected chi connectivity index (χ4v) is 4.77. The van der Waals surface area contributed by atoms with Gasteiger partial charge in [0.25, 0.3) is 5.91 Å². The Morgan fingerprint density at radius 3 is 2.81 bits per heavy atom. The monoisotopic (exact) mass is 385 g/mol. The number of ether oxygens (including phenoxy) is 1. The van der Waals surface area contributed by atoms with Gasteiger partial charge in [0.2, 0.25) is 0 Å². The van der Waals surface area contributed by atoms with Gasteiger partial charge in [-0.2, -0.15) is 0 Å². The zero-order valence-electron chi connectivity index (χ0n) is 15.6. The summed E-state index contributed by atoms with van der Waals surface area (Å²) in [5.74, 6) is -0.242. The van der Waals surface area contributed by atoms with Crippen molar-refractivity contribution in [3.63, 3.8) is 0 Å². The van der Waals surface area contributed by atoms with Gasteiger partial charge in [0, 0.05) is 31.8 Å². The first kappa shape index (κ1) is 18.0. The first-order valence-electron chi connectivity index (χ1n) is 9.34. The quantitative estimate of drug-likeness (QED) is 0.637. The summed E-state index contributed by atoms with van der Waals surface area (Å²) < 4.78 is 7.08. The smallest absolute Gasteiger partial charge is 0.302 e. The van der Waals surface area contributed by atoms with Crippen molar-refractivity contribution in [2.24, 2.45) is 0 Å². The predicted molar refractivity (Wildman–Crippen MR) is 105 cm³/mol. The average Bonchev–Trinajstić information content (AvgIpc) is 3.24. The zero-order valence-corrected chi connectivity index (χ0v) is 16.4. The molecule has 0 atom stereocenters. The van der Waals surface area contributed by atoms with E-state index < -0.39 is 0 Å². The normalized spacial score (nSPS) is 15.3. The largest absolute Gasteiger partial charge is 0.461 e. The van der Waals surface area contributed by atoms with E-state index in [0.29, 0.717) is 10.9 Å². The molecule has 0 bridgehead atoms. The van der Waals surface area contributed by atoms with Gasteiger partial charge in [0.15, 0.2) is 4.96 Å². The minimum absolute atomic E-state index is 0.0709. The van der Waals surface area contributed by atoms with Gasteiger partial charge < -0.3 is 9.64 Å². The Labute approximate surface area is 161 Å². The van der Waals surface area contributed by atoms with E-state index in [9.17, 15) is 9.59 Å².